The maximum atomic E-state index is 10.3. The normalized spacial score (nSPS) is 40.1. The summed E-state index contributed by atoms with van der Waals surface area (Å²) in [7, 11) is 1.11. The second-order valence-electron chi connectivity index (χ2n) is 6.89. The standard InChI is InChI=1S/C12H23B2O4/c1-9(2,15)11(5)7-8-12(6)10(3,4)17-14(18-12)13-16-11/h15H,7-8H2,1-6H3. The summed E-state index contributed by atoms with van der Waals surface area (Å²) in [5, 5.41) is 10.3. The third-order valence-electron chi connectivity index (χ3n) is 4.87. The fourth-order valence-electron chi connectivity index (χ4n) is 2.44. The van der Waals surface area contributed by atoms with Gasteiger partial charge in [-0.3, -0.25) is 0 Å². The molecular formula is C12H23B2O4. The first-order chi connectivity index (χ1) is 7.99. The molecule has 2 rings (SSSR count). The summed E-state index contributed by atoms with van der Waals surface area (Å²) in [6.07, 6.45) is 1.49. The van der Waals surface area contributed by atoms with Gasteiger partial charge in [0.1, 0.15) is 0 Å². The van der Waals surface area contributed by atoms with Crippen LogP contribution in [0, 0.1) is 0 Å². The molecule has 4 nitrogen and oxygen atoms in total. The van der Waals surface area contributed by atoms with Crippen LogP contribution in [-0.2, 0) is 14.0 Å². The van der Waals surface area contributed by atoms with Crippen molar-refractivity contribution in [2.75, 3.05) is 0 Å². The first-order valence-electron chi connectivity index (χ1n) is 6.58. The Morgan fingerprint density at radius 2 is 1.72 bits per heavy atom. The van der Waals surface area contributed by atoms with Gasteiger partial charge in [0.15, 0.2) is 0 Å². The van der Waals surface area contributed by atoms with Crippen molar-refractivity contribution >= 4 is 14.4 Å². The van der Waals surface area contributed by atoms with Crippen LogP contribution in [0.1, 0.15) is 54.4 Å². The van der Waals surface area contributed by atoms with Crippen molar-refractivity contribution in [2.24, 2.45) is 0 Å². The molecule has 2 bridgehead atoms. The molecule has 2 aliphatic heterocycles. The summed E-state index contributed by atoms with van der Waals surface area (Å²) in [5.41, 5.74) is -2.26. The fraction of sp³-hybridized carbons (Fsp3) is 1.00. The van der Waals surface area contributed by atoms with Crippen LogP contribution < -0.4 is 0 Å². The zero-order valence-electron chi connectivity index (χ0n) is 12.2. The average molecular weight is 253 g/mol. The minimum Gasteiger partial charge on any atom is -0.435 e. The lowest BCUT2D eigenvalue weighted by molar-refractivity contribution is -0.120. The molecule has 2 fully saturated rings. The van der Waals surface area contributed by atoms with Crippen molar-refractivity contribution < 1.29 is 19.1 Å². The van der Waals surface area contributed by atoms with Crippen molar-refractivity contribution in [1.82, 2.24) is 0 Å². The first kappa shape index (κ1) is 14.4. The van der Waals surface area contributed by atoms with Crippen molar-refractivity contribution in [3.8, 4) is 0 Å². The van der Waals surface area contributed by atoms with Crippen LogP contribution in [0.25, 0.3) is 0 Å². The average Bonchev–Trinajstić information content (AvgIpc) is 2.42. The van der Waals surface area contributed by atoms with E-state index < -0.39 is 18.2 Å². The lowest BCUT2D eigenvalue weighted by Crippen LogP contribution is -2.55. The topological polar surface area (TPSA) is 47.9 Å². The second kappa shape index (κ2) is 3.98. The van der Waals surface area contributed by atoms with E-state index >= 15 is 0 Å². The summed E-state index contributed by atoms with van der Waals surface area (Å²) >= 11 is 0. The van der Waals surface area contributed by atoms with Gasteiger partial charge in [0, 0.05) is 0 Å². The SMILES string of the molecule is CC(C)(O)C1(C)CCC2(C)OB([B]O1)OC2(C)C. The number of aliphatic hydroxyl groups is 1. The van der Waals surface area contributed by atoms with Crippen LogP contribution >= 0.6 is 0 Å². The van der Waals surface area contributed by atoms with Gasteiger partial charge in [-0.25, -0.2) is 0 Å². The van der Waals surface area contributed by atoms with Gasteiger partial charge in [0.05, 0.1) is 22.4 Å². The van der Waals surface area contributed by atoms with Crippen molar-refractivity contribution in [3.63, 3.8) is 0 Å². The smallest absolute Gasteiger partial charge is 0.435 e. The third-order valence-corrected chi connectivity index (χ3v) is 4.87. The molecular weight excluding hydrogens is 230 g/mol. The van der Waals surface area contributed by atoms with E-state index in [9.17, 15) is 5.11 Å². The van der Waals surface area contributed by atoms with Crippen molar-refractivity contribution in [2.45, 2.75) is 76.8 Å². The number of hydrogen-bond acceptors (Lipinski definition) is 4. The van der Waals surface area contributed by atoms with Crippen LogP contribution in [0.15, 0.2) is 0 Å². The molecule has 2 heterocycles. The van der Waals surface area contributed by atoms with E-state index in [0.717, 1.165) is 6.42 Å². The van der Waals surface area contributed by atoms with Gasteiger partial charge in [0.25, 0.3) is 0 Å². The molecule has 0 aromatic carbocycles. The minimum atomic E-state index is -0.916. The first-order valence-corrected chi connectivity index (χ1v) is 6.58. The monoisotopic (exact) mass is 253 g/mol. The van der Waals surface area contributed by atoms with Crippen molar-refractivity contribution in [1.29, 1.82) is 0 Å². The lowest BCUT2D eigenvalue weighted by Gasteiger charge is -2.45. The Bertz CT molecular complexity index is 341. The van der Waals surface area contributed by atoms with E-state index in [2.05, 4.69) is 6.92 Å². The molecule has 1 N–H and O–H groups in total. The maximum Gasteiger partial charge on any atom is 0.439 e. The molecule has 1 radical (unpaired) electrons. The lowest BCUT2D eigenvalue weighted by atomic mass is 9.55. The molecule has 2 unspecified atom stereocenters. The van der Waals surface area contributed by atoms with Gasteiger partial charge in [-0.2, -0.15) is 0 Å². The Balaban J connectivity index is 2.25. The molecule has 0 amide bonds. The van der Waals surface area contributed by atoms with E-state index in [1.165, 1.54) is 0 Å². The minimum absolute atomic E-state index is 0.357. The summed E-state index contributed by atoms with van der Waals surface area (Å²) in [6.45, 7) is 11.6. The van der Waals surface area contributed by atoms with Crippen LogP contribution in [0.2, 0.25) is 0 Å². The van der Waals surface area contributed by atoms with Crippen LogP contribution in [0.5, 0.6) is 0 Å². The van der Waals surface area contributed by atoms with E-state index in [-0.39, 0.29) is 11.2 Å². The van der Waals surface area contributed by atoms with Gasteiger partial charge < -0.3 is 19.1 Å². The van der Waals surface area contributed by atoms with Gasteiger partial charge in [0.2, 0.25) is 0 Å². The summed E-state index contributed by atoms with van der Waals surface area (Å²) in [6, 6.07) is 0. The quantitative estimate of drug-likeness (QED) is 0.719. The van der Waals surface area contributed by atoms with E-state index in [1.54, 1.807) is 21.2 Å². The Hall–Kier alpha value is -0.0301. The molecule has 6 heteroatoms. The Kier molecular flexibility index (Phi) is 3.18. The predicted molar refractivity (Wildman–Crippen MR) is 71.2 cm³/mol. The van der Waals surface area contributed by atoms with Crippen molar-refractivity contribution in [3.05, 3.63) is 0 Å². The molecule has 0 aliphatic carbocycles. The molecule has 0 spiro atoms. The largest absolute Gasteiger partial charge is 0.439 e. The second-order valence-corrected chi connectivity index (χ2v) is 6.89. The Labute approximate surface area is 111 Å². The zero-order valence-corrected chi connectivity index (χ0v) is 12.2. The van der Waals surface area contributed by atoms with Crippen LogP contribution in [-0.4, -0.2) is 41.9 Å². The molecule has 18 heavy (non-hydrogen) atoms. The van der Waals surface area contributed by atoms with Gasteiger partial charge in [-0.1, -0.05) is 0 Å². The highest BCUT2D eigenvalue weighted by Crippen LogP contribution is 2.45. The number of fused-ring (bicyclic) bond motifs is 2. The third kappa shape index (κ3) is 2.13. The molecule has 2 saturated heterocycles. The highest BCUT2D eigenvalue weighted by atomic mass is 16.7. The van der Waals surface area contributed by atoms with Gasteiger partial charge in [-0.05, 0) is 54.4 Å². The van der Waals surface area contributed by atoms with E-state index in [1.807, 2.05) is 20.8 Å². The Morgan fingerprint density at radius 1 is 1.11 bits per heavy atom. The van der Waals surface area contributed by atoms with Gasteiger partial charge in [-0.15, -0.1) is 0 Å². The number of rotatable bonds is 1. The van der Waals surface area contributed by atoms with Gasteiger partial charge >= 0.3 is 14.4 Å². The van der Waals surface area contributed by atoms with Crippen LogP contribution in [0.4, 0.5) is 0 Å². The summed E-state index contributed by atoms with van der Waals surface area (Å²) in [4.78, 5) is 0. The molecule has 0 aromatic rings. The summed E-state index contributed by atoms with van der Waals surface area (Å²) in [5.74, 6) is 0. The Morgan fingerprint density at radius 3 is 2.28 bits per heavy atom. The maximum absolute atomic E-state index is 10.3. The van der Waals surface area contributed by atoms with Crippen LogP contribution in [0.3, 0.4) is 0 Å². The molecule has 0 saturated carbocycles. The predicted octanol–water partition coefficient (Wildman–Crippen LogP) is 1.51. The highest BCUT2D eigenvalue weighted by molar-refractivity contribution is 7.03. The van der Waals surface area contributed by atoms with E-state index in [0.29, 0.717) is 6.42 Å². The molecule has 0 aromatic heterocycles. The summed E-state index contributed by atoms with van der Waals surface area (Å²) < 4.78 is 17.6. The molecule has 2 atom stereocenters. The highest BCUT2D eigenvalue weighted by Gasteiger charge is 2.57. The zero-order chi connectivity index (χ0) is 13.8. The van der Waals surface area contributed by atoms with E-state index in [4.69, 9.17) is 14.0 Å². The fourth-order valence-corrected chi connectivity index (χ4v) is 2.44. The molecule has 101 valence electrons. The number of hydrogen-bond donors (Lipinski definition) is 1. The molecule has 2 aliphatic rings.